The fourth-order valence-corrected chi connectivity index (χ4v) is 5.46. The highest BCUT2D eigenvalue weighted by atomic mass is 32.2. The number of rotatable bonds is 6. The Balaban J connectivity index is 1.40. The van der Waals surface area contributed by atoms with E-state index in [0.717, 1.165) is 49.5 Å². The zero-order valence-electron chi connectivity index (χ0n) is 17.9. The van der Waals surface area contributed by atoms with Crippen molar-refractivity contribution in [1.82, 2.24) is 9.21 Å². The highest BCUT2D eigenvalue weighted by Crippen LogP contribution is 2.36. The SMILES string of the molecule is CCC1(N(C)S(C)(=O)=O)CCN(Cc2ccc([C@H]3COc4ccccc4O3)cc2)C1. The summed E-state index contributed by atoms with van der Waals surface area (Å²) in [6.45, 7) is 5.03. The Bertz CT molecular complexity index is 993. The summed E-state index contributed by atoms with van der Waals surface area (Å²) in [7, 11) is -1.50. The predicted molar refractivity (Wildman–Crippen MR) is 117 cm³/mol. The van der Waals surface area contributed by atoms with E-state index in [2.05, 4.69) is 36.1 Å². The summed E-state index contributed by atoms with van der Waals surface area (Å²) in [6, 6.07) is 16.2. The van der Waals surface area contributed by atoms with Gasteiger partial charge in [0.25, 0.3) is 0 Å². The van der Waals surface area contributed by atoms with Gasteiger partial charge in [-0.2, -0.15) is 4.31 Å². The van der Waals surface area contributed by atoms with Crippen LogP contribution in [0.15, 0.2) is 48.5 Å². The molecule has 2 aliphatic heterocycles. The van der Waals surface area contributed by atoms with Crippen LogP contribution >= 0.6 is 0 Å². The first kappa shape index (κ1) is 21.2. The number of ether oxygens (including phenoxy) is 2. The van der Waals surface area contributed by atoms with Crippen LogP contribution in [0.5, 0.6) is 11.5 Å². The second-order valence-corrected chi connectivity index (χ2v) is 10.4. The molecule has 0 saturated carbocycles. The number of hydrogen-bond acceptors (Lipinski definition) is 5. The van der Waals surface area contributed by atoms with Crippen molar-refractivity contribution in [2.45, 2.75) is 38.0 Å². The summed E-state index contributed by atoms with van der Waals surface area (Å²) in [6.07, 6.45) is 2.85. The van der Waals surface area contributed by atoms with Gasteiger partial charge in [-0.3, -0.25) is 4.90 Å². The third kappa shape index (κ3) is 4.19. The summed E-state index contributed by atoms with van der Waals surface area (Å²) in [5, 5.41) is 0. The maximum absolute atomic E-state index is 12.1. The van der Waals surface area contributed by atoms with Crippen molar-refractivity contribution < 1.29 is 17.9 Å². The number of hydrogen-bond donors (Lipinski definition) is 0. The predicted octanol–water partition coefficient (Wildman–Crippen LogP) is 3.45. The number of likely N-dealkylation sites (tertiary alicyclic amines) is 1. The number of fused-ring (bicyclic) bond motifs is 1. The molecular formula is C23H30N2O4S. The highest BCUT2D eigenvalue weighted by Gasteiger charge is 2.43. The van der Waals surface area contributed by atoms with Gasteiger partial charge in [0.15, 0.2) is 17.6 Å². The lowest BCUT2D eigenvalue weighted by molar-refractivity contribution is 0.0913. The second kappa shape index (κ2) is 8.21. The molecule has 0 aromatic heterocycles. The minimum Gasteiger partial charge on any atom is -0.485 e. The van der Waals surface area contributed by atoms with Crippen LogP contribution in [0.4, 0.5) is 0 Å². The molecule has 0 bridgehead atoms. The summed E-state index contributed by atoms with van der Waals surface area (Å²) < 4.78 is 37.7. The number of likely N-dealkylation sites (N-methyl/N-ethyl adjacent to an activating group) is 1. The summed E-state index contributed by atoms with van der Waals surface area (Å²) in [5.74, 6) is 1.57. The van der Waals surface area contributed by atoms with E-state index in [-0.39, 0.29) is 11.6 Å². The van der Waals surface area contributed by atoms with Gasteiger partial charge in [0.2, 0.25) is 10.0 Å². The van der Waals surface area contributed by atoms with Crippen LogP contribution in [0.1, 0.15) is 37.0 Å². The molecule has 4 rings (SSSR count). The van der Waals surface area contributed by atoms with Crippen molar-refractivity contribution in [2.75, 3.05) is 33.0 Å². The van der Waals surface area contributed by atoms with Gasteiger partial charge in [-0.15, -0.1) is 0 Å². The van der Waals surface area contributed by atoms with E-state index in [4.69, 9.17) is 9.47 Å². The molecule has 2 heterocycles. The van der Waals surface area contributed by atoms with Crippen molar-refractivity contribution in [3.63, 3.8) is 0 Å². The first-order valence-corrected chi connectivity index (χ1v) is 12.3. The third-order valence-electron chi connectivity index (χ3n) is 6.50. The van der Waals surface area contributed by atoms with Crippen LogP contribution in [0, 0.1) is 0 Å². The second-order valence-electron chi connectivity index (χ2n) is 8.37. The highest BCUT2D eigenvalue weighted by molar-refractivity contribution is 7.88. The molecular weight excluding hydrogens is 400 g/mol. The topological polar surface area (TPSA) is 59.1 Å². The Morgan fingerprint density at radius 2 is 1.83 bits per heavy atom. The molecule has 2 aromatic carbocycles. The van der Waals surface area contributed by atoms with Gasteiger partial charge in [0.1, 0.15) is 6.61 Å². The Hall–Kier alpha value is -2.09. The number of sulfonamides is 1. The van der Waals surface area contributed by atoms with Crippen LogP contribution in [-0.4, -0.2) is 56.2 Å². The molecule has 0 amide bonds. The molecule has 162 valence electrons. The van der Waals surface area contributed by atoms with Gasteiger partial charge in [0, 0.05) is 32.2 Å². The summed E-state index contributed by atoms with van der Waals surface area (Å²) >= 11 is 0. The minimum atomic E-state index is -3.21. The van der Waals surface area contributed by atoms with Crippen molar-refractivity contribution in [2.24, 2.45) is 0 Å². The average molecular weight is 431 g/mol. The number of benzene rings is 2. The fourth-order valence-electron chi connectivity index (χ4n) is 4.48. The normalized spacial score (nSPS) is 24.3. The van der Waals surface area contributed by atoms with E-state index in [1.807, 2.05) is 24.3 Å². The monoisotopic (exact) mass is 430 g/mol. The van der Waals surface area contributed by atoms with Crippen molar-refractivity contribution >= 4 is 10.0 Å². The lowest BCUT2D eigenvalue weighted by Gasteiger charge is -2.36. The molecule has 2 aliphatic rings. The van der Waals surface area contributed by atoms with E-state index in [0.29, 0.717) is 6.61 Å². The first-order chi connectivity index (χ1) is 14.3. The van der Waals surface area contributed by atoms with Crippen molar-refractivity contribution in [3.05, 3.63) is 59.7 Å². The maximum atomic E-state index is 12.1. The van der Waals surface area contributed by atoms with Gasteiger partial charge in [0.05, 0.1) is 6.26 Å². The van der Waals surface area contributed by atoms with E-state index in [9.17, 15) is 8.42 Å². The molecule has 1 fully saturated rings. The molecule has 7 heteroatoms. The van der Waals surface area contributed by atoms with Gasteiger partial charge >= 0.3 is 0 Å². The van der Waals surface area contributed by atoms with E-state index in [1.54, 1.807) is 11.4 Å². The molecule has 0 spiro atoms. The van der Waals surface area contributed by atoms with Gasteiger partial charge in [-0.1, -0.05) is 43.3 Å². The van der Waals surface area contributed by atoms with Gasteiger partial charge in [-0.05, 0) is 36.1 Å². The zero-order valence-corrected chi connectivity index (χ0v) is 18.7. The molecule has 2 atom stereocenters. The van der Waals surface area contributed by atoms with Crippen LogP contribution in [0.25, 0.3) is 0 Å². The third-order valence-corrected chi connectivity index (χ3v) is 7.88. The quantitative estimate of drug-likeness (QED) is 0.703. The van der Waals surface area contributed by atoms with Gasteiger partial charge < -0.3 is 9.47 Å². The molecule has 2 aromatic rings. The Kier molecular flexibility index (Phi) is 5.79. The lowest BCUT2D eigenvalue weighted by Crippen LogP contribution is -2.50. The van der Waals surface area contributed by atoms with Gasteiger partial charge in [-0.25, -0.2) is 8.42 Å². The van der Waals surface area contributed by atoms with Crippen LogP contribution in [0.2, 0.25) is 0 Å². The zero-order chi connectivity index (χ0) is 21.4. The Morgan fingerprint density at radius 1 is 1.13 bits per heavy atom. The van der Waals surface area contributed by atoms with Crippen LogP contribution in [0.3, 0.4) is 0 Å². The summed E-state index contributed by atoms with van der Waals surface area (Å²) in [4.78, 5) is 2.34. The average Bonchev–Trinajstić information content (AvgIpc) is 3.17. The van der Waals surface area contributed by atoms with Crippen molar-refractivity contribution in [1.29, 1.82) is 0 Å². The number of nitrogens with zero attached hydrogens (tertiary/aromatic N) is 2. The molecule has 30 heavy (non-hydrogen) atoms. The summed E-state index contributed by atoms with van der Waals surface area (Å²) in [5.41, 5.74) is 1.99. The van der Waals surface area contributed by atoms with Crippen molar-refractivity contribution in [3.8, 4) is 11.5 Å². The smallest absolute Gasteiger partial charge is 0.211 e. The molecule has 0 radical (unpaired) electrons. The first-order valence-electron chi connectivity index (χ1n) is 10.4. The Morgan fingerprint density at radius 3 is 2.50 bits per heavy atom. The molecule has 1 unspecified atom stereocenters. The van der Waals surface area contributed by atoms with E-state index in [1.165, 1.54) is 11.8 Å². The maximum Gasteiger partial charge on any atom is 0.211 e. The standard InChI is InChI=1S/C23H30N2O4S/c1-4-23(24(2)30(3,26)27)13-14-25(17-23)15-18-9-11-19(12-10-18)22-16-28-20-7-5-6-8-21(20)29-22/h5-12,22H,4,13-17H2,1-3H3/t22-,23?/m1/s1. The lowest BCUT2D eigenvalue weighted by atomic mass is 9.95. The fraction of sp³-hybridized carbons (Fsp3) is 0.478. The molecule has 0 aliphatic carbocycles. The Labute approximate surface area is 179 Å². The number of para-hydroxylation sites is 2. The van der Waals surface area contributed by atoms with Crippen LogP contribution in [-0.2, 0) is 16.6 Å². The van der Waals surface area contributed by atoms with Crippen LogP contribution < -0.4 is 9.47 Å². The van der Waals surface area contributed by atoms with E-state index >= 15 is 0 Å². The minimum absolute atomic E-state index is 0.114. The molecule has 0 N–H and O–H groups in total. The largest absolute Gasteiger partial charge is 0.485 e. The molecule has 1 saturated heterocycles. The molecule has 6 nitrogen and oxygen atoms in total. The van der Waals surface area contributed by atoms with E-state index < -0.39 is 10.0 Å².